The molecule has 2 bridgehead atoms. The second-order valence-electron chi connectivity index (χ2n) is 4.26. The SMILES string of the molecule is CON(C)C(=O)C1C[N@]2CC[C@@H]1CC2. The van der Waals surface area contributed by atoms with Gasteiger partial charge in [0.15, 0.2) is 0 Å². The molecule has 1 unspecified atom stereocenters. The minimum Gasteiger partial charge on any atom is -0.303 e. The molecular weight excluding hydrogens is 180 g/mol. The summed E-state index contributed by atoms with van der Waals surface area (Å²) in [5, 5.41) is 1.37. The Hall–Kier alpha value is -0.610. The zero-order valence-corrected chi connectivity index (χ0v) is 8.90. The average Bonchev–Trinajstić information content (AvgIpc) is 2.28. The summed E-state index contributed by atoms with van der Waals surface area (Å²) in [4.78, 5) is 19.2. The summed E-state index contributed by atoms with van der Waals surface area (Å²) in [5.74, 6) is 0.898. The topological polar surface area (TPSA) is 32.8 Å². The van der Waals surface area contributed by atoms with Crippen LogP contribution >= 0.6 is 0 Å². The lowest BCUT2D eigenvalue weighted by Gasteiger charge is -2.44. The number of fused-ring (bicyclic) bond motifs is 3. The number of piperidine rings is 3. The minimum atomic E-state index is 0.141. The number of hydrogen-bond acceptors (Lipinski definition) is 3. The van der Waals surface area contributed by atoms with Crippen molar-refractivity contribution in [3.8, 4) is 0 Å². The number of nitrogens with zero attached hydrogens (tertiary/aromatic N) is 2. The molecule has 0 aliphatic carbocycles. The molecule has 80 valence electrons. The second kappa shape index (κ2) is 3.87. The van der Waals surface area contributed by atoms with E-state index in [1.165, 1.54) is 31.0 Å². The van der Waals surface area contributed by atoms with Gasteiger partial charge in [0.1, 0.15) is 0 Å². The quantitative estimate of drug-likeness (QED) is 0.600. The number of amides is 1. The predicted octanol–water partition coefficient (Wildman–Crippen LogP) is 0.348. The lowest BCUT2D eigenvalue weighted by atomic mass is 9.78. The largest absolute Gasteiger partial charge is 0.303 e. The van der Waals surface area contributed by atoms with Crippen LogP contribution in [0, 0.1) is 11.8 Å². The van der Waals surface area contributed by atoms with Crippen LogP contribution in [0.1, 0.15) is 12.8 Å². The molecule has 0 aromatic heterocycles. The van der Waals surface area contributed by atoms with Crippen molar-refractivity contribution in [2.24, 2.45) is 11.8 Å². The zero-order valence-electron chi connectivity index (χ0n) is 8.90. The van der Waals surface area contributed by atoms with Crippen LogP contribution in [0.15, 0.2) is 0 Å². The molecule has 1 atom stereocenters. The Kier molecular flexibility index (Phi) is 2.74. The van der Waals surface area contributed by atoms with Crippen molar-refractivity contribution in [1.29, 1.82) is 0 Å². The van der Waals surface area contributed by atoms with E-state index in [2.05, 4.69) is 4.90 Å². The van der Waals surface area contributed by atoms with Gasteiger partial charge in [-0.2, -0.15) is 0 Å². The first-order valence-electron chi connectivity index (χ1n) is 5.26. The molecular formula is C10H18N2O2. The highest BCUT2D eigenvalue weighted by Crippen LogP contribution is 2.33. The molecule has 3 saturated heterocycles. The van der Waals surface area contributed by atoms with Crippen LogP contribution in [-0.2, 0) is 9.63 Å². The van der Waals surface area contributed by atoms with E-state index in [-0.39, 0.29) is 11.8 Å². The van der Waals surface area contributed by atoms with Gasteiger partial charge in [-0.3, -0.25) is 9.63 Å². The van der Waals surface area contributed by atoms with Crippen molar-refractivity contribution in [2.75, 3.05) is 33.8 Å². The molecule has 0 radical (unpaired) electrons. The van der Waals surface area contributed by atoms with Crippen molar-refractivity contribution in [1.82, 2.24) is 9.96 Å². The van der Waals surface area contributed by atoms with Gasteiger partial charge < -0.3 is 4.90 Å². The molecule has 0 saturated carbocycles. The van der Waals surface area contributed by atoms with Gasteiger partial charge in [0.05, 0.1) is 13.0 Å². The highest BCUT2D eigenvalue weighted by molar-refractivity contribution is 5.78. The monoisotopic (exact) mass is 198 g/mol. The number of carbonyl (C=O) groups excluding carboxylic acids is 1. The van der Waals surface area contributed by atoms with Crippen LogP contribution in [0.4, 0.5) is 0 Å². The molecule has 4 nitrogen and oxygen atoms in total. The number of rotatable bonds is 2. The maximum absolute atomic E-state index is 11.9. The first-order valence-corrected chi connectivity index (χ1v) is 5.26. The van der Waals surface area contributed by atoms with Crippen LogP contribution in [-0.4, -0.2) is 49.7 Å². The van der Waals surface area contributed by atoms with Gasteiger partial charge >= 0.3 is 0 Å². The number of hydroxylamine groups is 2. The molecule has 4 heteroatoms. The summed E-state index contributed by atoms with van der Waals surface area (Å²) < 4.78 is 0. The standard InChI is InChI=1S/C10H18N2O2/c1-11(14-2)10(13)9-7-12-5-3-8(9)4-6-12/h8-9H,3-7H2,1-2H3. The molecule has 0 N–H and O–H groups in total. The Morgan fingerprint density at radius 1 is 1.43 bits per heavy atom. The van der Waals surface area contributed by atoms with E-state index in [1.807, 2.05) is 0 Å². The van der Waals surface area contributed by atoms with Gasteiger partial charge in [0, 0.05) is 13.6 Å². The van der Waals surface area contributed by atoms with Crippen molar-refractivity contribution >= 4 is 5.91 Å². The lowest BCUT2D eigenvalue weighted by molar-refractivity contribution is -0.179. The van der Waals surface area contributed by atoms with E-state index < -0.39 is 0 Å². The fourth-order valence-electron chi connectivity index (χ4n) is 2.57. The van der Waals surface area contributed by atoms with E-state index >= 15 is 0 Å². The van der Waals surface area contributed by atoms with Gasteiger partial charge in [-0.1, -0.05) is 0 Å². The Morgan fingerprint density at radius 2 is 2.07 bits per heavy atom. The second-order valence-corrected chi connectivity index (χ2v) is 4.26. The van der Waals surface area contributed by atoms with Gasteiger partial charge in [-0.15, -0.1) is 0 Å². The molecule has 3 aliphatic heterocycles. The predicted molar refractivity (Wildman–Crippen MR) is 52.4 cm³/mol. The van der Waals surface area contributed by atoms with Gasteiger partial charge in [-0.25, -0.2) is 5.06 Å². The number of hydrogen-bond donors (Lipinski definition) is 0. The first kappa shape index (κ1) is 9.93. The van der Waals surface area contributed by atoms with Gasteiger partial charge in [0.25, 0.3) is 5.91 Å². The highest BCUT2D eigenvalue weighted by Gasteiger charge is 2.39. The Morgan fingerprint density at radius 3 is 2.50 bits per heavy atom. The number of carbonyl (C=O) groups is 1. The van der Waals surface area contributed by atoms with Gasteiger partial charge in [-0.05, 0) is 31.8 Å². The summed E-state index contributed by atoms with van der Waals surface area (Å²) in [6.45, 7) is 3.27. The van der Waals surface area contributed by atoms with E-state index in [0.29, 0.717) is 5.92 Å². The van der Waals surface area contributed by atoms with Crippen LogP contribution in [0.2, 0.25) is 0 Å². The third kappa shape index (κ3) is 1.64. The summed E-state index contributed by atoms with van der Waals surface area (Å²) in [5.41, 5.74) is 0. The van der Waals surface area contributed by atoms with E-state index in [1.54, 1.807) is 14.2 Å². The highest BCUT2D eigenvalue weighted by atomic mass is 16.7. The fourth-order valence-corrected chi connectivity index (χ4v) is 2.57. The smallest absolute Gasteiger partial charge is 0.250 e. The molecule has 0 aromatic carbocycles. The molecule has 3 aliphatic rings. The molecule has 3 rings (SSSR count). The van der Waals surface area contributed by atoms with Crippen LogP contribution < -0.4 is 0 Å². The maximum Gasteiger partial charge on any atom is 0.250 e. The summed E-state index contributed by atoms with van der Waals surface area (Å²) >= 11 is 0. The van der Waals surface area contributed by atoms with Crippen LogP contribution in [0.5, 0.6) is 0 Å². The molecule has 14 heavy (non-hydrogen) atoms. The van der Waals surface area contributed by atoms with E-state index in [4.69, 9.17) is 4.84 Å². The third-order valence-electron chi connectivity index (χ3n) is 3.56. The molecule has 0 aromatic rings. The Balaban J connectivity index is 2.01. The van der Waals surface area contributed by atoms with E-state index in [9.17, 15) is 4.79 Å². The molecule has 3 heterocycles. The van der Waals surface area contributed by atoms with Crippen molar-refractivity contribution in [3.05, 3.63) is 0 Å². The summed E-state index contributed by atoms with van der Waals surface area (Å²) in [6, 6.07) is 0. The molecule has 0 spiro atoms. The third-order valence-corrected chi connectivity index (χ3v) is 3.56. The molecule has 3 fully saturated rings. The Labute approximate surface area is 84.8 Å². The minimum absolute atomic E-state index is 0.141. The Bertz CT molecular complexity index is 224. The van der Waals surface area contributed by atoms with Gasteiger partial charge in [0.2, 0.25) is 0 Å². The van der Waals surface area contributed by atoms with E-state index in [0.717, 1.165) is 6.54 Å². The van der Waals surface area contributed by atoms with Crippen molar-refractivity contribution < 1.29 is 9.63 Å². The maximum atomic E-state index is 11.9. The summed E-state index contributed by atoms with van der Waals surface area (Å²) in [7, 11) is 3.24. The lowest BCUT2D eigenvalue weighted by Crippen LogP contribution is -2.52. The summed E-state index contributed by atoms with van der Waals surface area (Å²) in [6.07, 6.45) is 2.35. The van der Waals surface area contributed by atoms with Crippen LogP contribution in [0.25, 0.3) is 0 Å². The molecule has 1 amide bonds. The van der Waals surface area contributed by atoms with Crippen molar-refractivity contribution in [2.45, 2.75) is 12.8 Å². The zero-order chi connectivity index (χ0) is 10.1. The first-order chi connectivity index (χ1) is 6.72. The normalized spacial score (nSPS) is 35.7. The van der Waals surface area contributed by atoms with Crippen LogP contribution in [0.3, 0.4) is 0 Å². The average molecular weight is 198 g/mol. The fraction of sp³-hybridized carbons (Fsp3) is 0.900. The van der Waals surface area contributed by atoms with Crippen molar-refractivity contribution in [3.63, 3.8) is 0 Å².